The van der Waals surface area contributed by atoms with Gasteiger partial charge in [-0.2, -0.15) is 0 Å². The van der Waals surface area contributed by atoms with Crippen LogP contribution in [0.4, 0.5) is 0 Å². The van der Waals surface area contributed by atoms with Gasteiger partial charge in [0, 0.05) is 50.5 Å². The first-order chi connectivity index (χ1) is 25.7. The minimum absolute atomic E-state index is 0. The molecule has 55 heavy (non-hydrogen) atoms. The molecule has 0 bridgehead atoms. The summed E-state index contributed by atoms with van der Waals surface area (Å²) < 4.78 is 0.764. The van der Waals surface area contributed by atoms with Crippen molar-refractivity contribution in [1.29, 1.82) is 0 Å². The van der Waals surface area contributed by atoms with E-state index in [1.165, 1.54) is 0 Å². The first-order valence-electron chi connectivity index (χ1n) is 19.3. The zero-order valence-electron chi connectivity index (χ0n) is 33.4. The number of carbonyl (C=O) groups is 6. The number of nitrogens with zero attached hydrogens (tertiary/aromatic N) is 2. The van der Waals surface area contributed by atoms with Crippen molar-refractivity contribution in [2.75, 3.05) is 78.7 Å². The Morgan fingerprint density at radius 1 is 0.509 bits per heavy atom. The fourth-order valence-electron chi connectivity index (χ4n) is 6.05. The second-order valence-electron chi connectivity index (χ2n) is 13.4. The quantitative estimate of drug-likeness (QED) is 0.0279. The summed E-state index contributed by atoms with van der Waals surface area (Å²) in [6, 6.07) is 0. The molecule has 0 radical (unpaired) electrons. The molecule has 0 aromatic heterocycles. The third-order valence-electron chi connectivity index (χ3n) is 8.92. The Labute approximate surface area is 357 Å². The van der Waals surface area contributed by atoms with E-state index in [9.17, 15) is 49.2 Å². The van der Waals surface area contributed by atoms with Gasteiger partial charge >= 0.3 is 49.7 Å². The SMILES string of the molecule is CC/C=C/CCC(=O)NCC[N+](CCO)(CCCC(=O)[O-])CCCC(=O)O.CC/C=C/CCC(=O)NCC[N+](CCO)(CCCC(=O)[O-])CCCC(=O)O.[Ca+2]. The smallest absolute Gasteiger partial charge is 0.550 e. The van der Waals surface area contributed by atoms with Crippen LogP contribution < -0.4 is 20.8 Å². The molecule has 2 atom stereocenters. The summed E-state index contributed by atoms with van der Waals surface area (Å²) in [5, 5.41) is 63.7. The van der Waals surface area contributed by atoms with E-state index >= 15 is 0 Å². The van der Waals surface area contributed by atoms with Gasteiger partial charge in [0.05, 0.1) is 78.4 Å². The summed E-state index contributed by atoms with van der Waals surface area (Å²) in [5.74, 6) is -4.15. The van der Waals surface area contributed by atoms with Crippen LogP contribution in [-0.4, -0.2) is 181 Å². The molecule has 0 aromatic carbocycles. The predicted molar refractivity (Wildman–Crippen MR) is 205 cm³/mol. The first kappa shape index (κ1) is 56.7. The van der Waals surface area contributed by atoms with Crippen molar-refractivity contribution in [3.63, 3.8) is 0 Å². The van der Waals surface area contributed by atoms with Crippen molar-refractivity contribution >= 4 is 73.4 Å². The monoisotopic (exact) mass is 812 g/mol. The Morgan fingerprint density at radius 3 is 1.11 bits per heavy atom. The molecule has 2 unspecified atom stereocenters. The fourth-order valence-corrected chi connectivity index (χ4v) is 6.05. The minimum Gasteiger partial charge on any atom is -0.550 e. The number of aliphatic hydroxyl groups excluding tert-OH is 2. The molecule has 0 fully saturated rings. The summed E-state index contributed by atoms with van der Waals surface area (Å²) in [7, 11) is 0. The van der Waals surface area contributed by atoms with E-state index in [0.29, 0.717) is 126 Å². The van der Waals surface area contributed by atoms with Crippen molar-refractivity contribution in [1.82, 2.24) is 10.6 Å². The predicted octanol–water partition coefficient (Wildman–Crippen LogP) is -0.275. The van der Waals surface area contributed by atoms with E-state index in [-0.39, 0.29) is 88.4 Å². The van der Waals surface area contributed by atoms with Crippen LogP contribution in [0.1, 0.15) is 104 Å². The first-order valence-corrected chi connectivity index (χ1v) is 19.3. The summed E-state index contributed by atoms with van der Waals surface area (Å²) in [5.41, 5.74) is 0. The molecule has 0 aromatic rings. The number of aliphatic carboxylic acids is 4. The van der Waals surface area contributed by atoms with Gasteiger partial charge in [0.1, 0.15) is 13.1 Å². The molecular formula is C38H68CaN4O12+2. The minimum atomic E-state index is -1.13. The van der Waals surface area contributed by atoms with E-state index in [2.05, 4.69) is 10.6 Å². The second-order valence-corrected chi connectivity index (χ2v) is 13.4. The number of quaternary nitrogens is 2. The van der Waals surface area contributed by atoms with Crippen LogP contribution in [0, 0.1) is 0 Å². The number of hydrogen-bond acceptors (Lipinski definition) is 10. The van der Waals surface area contributed by atoms with Crippen molar-refractivity contribution in [3.05, 3.63) is 24.3 Å². The average molecular weight is 813 g/mol. The maximum Gasteiger partial charge on any atom is 2.00 e. The van der Waals surface area contributed by atoms with Crippen LogP contribution in [0.3, 0.4) is 0 Å². The van der Waals surface area contributed by atoms with Crippen LogP contribution in [-0.2, 0) is 28.8 Å². The largest absolute Gasteiger partial charge is 2.00 e. The molecule has 0 saturated heterocycles. The zero-order chi connectivity index (χ0) is 41.1. The van der Waals surface area contributed by atoms with Crippen molar-refractivity contribution in [2.24, 2.45) is 0 Å². The van der Waals surface area contributed by atoms with Gasteiger partial charge < -0.3 is 59.8 Å². The van der Waals surface area contributed by atoms with Crippen LogP contribution in [0.5, 0.6) is 0 Å². The molecule has 17 heteroatoms. The molecule has 6 N–H and O–H groups in total. The molecule has 312 valence electrons. The van der Waals surface area contributed by atoms with E-state index in [0.717, 1.165) is 12.8 Å². The maximum atomic E-state index is 11.9. The normalized spacial score (nSPS) is 13.2. The van der Waals surface area contributed by atoms with Gasteiger partial charge in [-0.3, -0.25) is 19.2 Å². The number of carboxylic acid groups (broad SMARTS) is 4. The van der Waals surface area contributed by atoms with Crippen LogP contribution in [0.25, 0.3) is 0 Å². The fraction of sp³-hybridized carbons (Fsp3) is 0.737. The number of amides is 2. The number of carboxylic acids is 4. The number of hydrogen-bond donors (Lipinski definition) is 6. The molecule has 0 rings (SSSR count). The Kier molecular flexibility index (Phi) is 38.2. The van der Waals surface area contributed by atoms with Gasteiger partial charge in [0.15, 0.2) is 0 Å². The maximum absolute atomic E-state index is 11.9. The summed E-state index contributed by atoms with van der Waals surface area (Å²) in [4.78, 5) is 66.7. The summed E-state index contributed by atoms with van der Waals surface area (Å²) in [6.07, 6.45) is 13.5. The van der Waals surface area contributed by atoms with E-state index in [1.54, 1.807) is 0 Å². The Hall–Kier alpha value is -2.60. The molecular weight excluding hydrogens is 745 g/mol. The molecule has 0 spiro atoms. The molecule has 0 heterocycles. The number of allylic oxidation sites excluding steroid dienone is 4. The van der Waals surface area contributed by atoms with Gasteiger partial charge in [-0.1, -0.05) is 38.2 Å². The third kappa shape index (κ3) is 35.6. The van der Waals surface area contributed by atoms with Gasteiger partial charge in [-0.25, -0.2) is 0 Å². The van der Waals surface area contributed by atoms with Crippen molar-refractivity contribution < 1.29 is 68.4 Å². The van der Waals surface area contributed by atoms with E-state index in [1.807, 2.05) is 38.2 Å². The second kappa shape index (κ2) is 37.0. The topological polar surface area (TPSA) is 254 Å². The summed E-state index contributed by atoms with van der Waals surface area (Å²) >= 11 is 0. The number of nitrogens with one attached hydrogen (secondary N) is 2. The number of aliphatic hydroxyl groups is 2. The van der Waals surface area contributed by atoms with Crippen LogP contribution in [0.2, 0.25) is 0 Å². The molecule has 2 amide bonds. The Morgan fingerprint density at radius 2 is 0.836 bits per heavy atom. The van der Waals surface area contributed by atoms with Crippen LogP contribution >= 0.6 is 0 Å². The van der Waals surface area contributed by atoms with Crippen LogP contribution in [0.15, 0.2) is 24.3 Å². The molecule has 0 aliphatic carbocycles. The van der Waals surface area contributed by atoms with Gasteiger partial charge in [0.25, 0.3) is 0 Å². The van der Waals surface area contributed by atoms with Gasteiger partial charge in [-0.15, -0.1) is 0 Å². The van der Waals surface area contributed by atoms with Crippen molar-refractivity contribution in [2.45, 2.75) is 104 Å². The standard InChI is InChI=1S/2C19H34N2O6.Ca/c2*1-2-3-4-5-8-17(23)20-11-14-21(15-16-22,12-6-9-18(24)25)13-7-10-19(26)27;/h2*3-4,22H,2,5-16H2,1H3,(H2-,20,23,24,25,26,27);/q;;+2/b2*4-3+;. The third-order valence-corrected chi connectivity index (χ3v) is 8.92. The number of rotatable bonds is 34. The molecule has 0 aliphatic rings. The molecule has 16 nitrogen and oxygen atoms in total. The summed E-state index contributed by atoms with van der Waals surface area (Å²) in [6.45, 7) is 8.49. The number of carbonyl (C=O) groups excluding carboxylic acids is 4. The van der Waals surface area contributed by atoms with Gasteiger partial charge in [0.2, 0.25) is 11.8 Å². The van der Waals surface area contributed by atoms with E-state index in [4.69, 9.17) is 10.2 Å². The molecule has 0 aliphatic heterocycles. The Bertz CT molecular complexity index is 1010. The Balaban J connectivity index is -0.000000966. The average Bonchev–Trinajstić information content (AvgIpc) is 3.08. The van der Waals surface area contributed by atoms with E-state index < -0.39 is 23.9 Å². The van der Waals surface area contributed by atoms with Crippen molar-refractivity contribution in [3.8, 4) is 0 Å². The zero-order valence-corrected chi connectivity index (χ0v) is 35.6. The molecule has 0 saturated carbocycles. The van der Waals surface area contributed by atoms with Gasteiger partial charge in [-0.05, 0) is 38.5 Å².